The summed E-state index contributed by atoms with van der Waals surface area (Å²) in [7, 11) is 0. The van der Waals surface area contributed by atoms with Gasteiger partial charge in [0.2, 0.25) is 5.91 Å². The molecule has 2 unspecified atom stereocenters. The first-order valence-corrected chi connectivity index (χ1v) is 33.8. The molecule has 3 N–H and O–H groups in total. The van der Waals surface area contributed by atoms with Crippen molar-refractivity contribution in [2.24, 2.45) is 0 Å². The van der Waals surface area contributed by atoms with E-state index >= 15 is 0 Å². The van der Waals surface area contributed by atoms with E-state index in [1.54, 1.807) is 6.08 Å². The average molecular weight is 1050 g/mol. The fraction of sp³-hybridized carbons (Fsp3) is 0.884. The second kappa shape index (κ2) is 64.6. The molecule has 0 aromatic rings. The van der Waals surface area contributed by atoms with Gasteiger partial charge >= 0.3 is 5.97 Å². The standard InChI is InChI=1S/C69H131NO5/c1-3-5-7-9-11-13-15-17-19-21-30-33-37-41-45-49-53-57-61-67(72)66(65-71)70-68(73)62-58-54-50-46-42-38-34-31-28-26-24-22-23-25-27-29-32-36-40-44-48-52-56-60-64-75-69(74)63-59-55-51-47-43-39-35-20-18-16-14-12-10-8-6-4-2/h20,24,26,35,57,61,66-67,71-72H,3-19,21-23,25,27-34,36-56,58-60,62-65H2,1-2H3,(H,70,73)/b26-24-,35-20-,61-57+. The molecule has 0 aliphatic heterocycles. The van der Waals surface area contributed by atoms with Gasteiger partial charge in [-0.2, -0.15) is 0 Å². The number of nitrogens with one attached hydrogen (secondary N) is 1. The van der Waals surface area contributed by atoms with Crippen LogP contribution in [0.25, 0.3) is 0 Å². The lowest BCUT2D eigenvalue weighted by Crippen LogP contribution is -2.45. The van der Waals surface area contributed by atoms with Crippen molar-refractivity contribution >= 4 is 11.9 Å². The Hall–Kier alpha value is -1.92. The molecule has 0 rings (SSSR count). The molecule has 0 saturated carbocycles. The number of hydrogen-bond acceptors (Lipinski definition) is 5. The highest BCUT2D eigenvalue weighted by Crippen LogP contribution is 2.18. The third kappa shape index (κ3) is 61.2. The lowest BCUT2D eigenvalue weighted by atomic mass is 10.0. The summed E-state index contributed by atoms with van der Waals surface area (Å²) >= 11 is 0. The van der Waals surface area contributed by atoms with Gasteiger partial charge < -0.3 is 20.3 Å². The summed E-state index contributed by atoms with van der Waals surface area (Å²) in [6, 6.07) is -0.632. The van der Waals surface area contributed by atoms with Gasteiger partial charge in [-0.1, -0.05) is 307 Å². The molecular formula is C69H131NO5. The summed E-state index contributed by atoms with van der Waals surface area (Å²) in [5, 5.41) is 23.2. The van der Waals surface area contributed by atoms with E-state index in [4.69, 9.17) is 4.74 Å². The zero-order valence-electron chi connectivity index (χ0n) is 50.5. The van der Waals surface area contributed by atoms with E-state index in [0.717, 1.165) is 44.9 Å². The van der Waals surface area contributed by atoms with Gasteiger partial charge in [-0.15, -0.1) is 0 Å². The van der Waals surface area contributed by atoms with Crippen LogP contribution in [0.2, 0.25) is 0 Å². The SMILES string of the molecule is CCCCCCCCC/C=C\CCCCCCCC(=O)OCCCCCCCCCCCCCC/C=C\CCCCCCCCCCC(=O)NC(CO)C(O)/C=C/CCCCCCCCCCCCCCCCCC. The smallest absolute Gasteiger partial charge is 0.305 e. The third-order valence-electron chi connectivity index (χ3n) is 15.6. The molecule has 0 aliphatic carbocycles. The highest BCUT2D eigenvalue weighted by Gasteiger charge is 2.18. The van der Waals surface area contributed by atoms with Gasteiger partial charge in [-0.3, -0.25) is 9.59 Å². The molecule has 0 saturated heterocycles. The first-order valence-electron chi connectivity index (χ1n) is 33.8. The van der Waals surface area contributed by atoms with Gasteiger partial charge in [0.05, 0.1) is 25.4 Å². The topological polar surface area (TPSA) is 95.9 Å². The molecule has 75 heavy (non-hydrogen) atoms. The molecular weight excluding hydrogens is 923 g/mol. The van der Waals surface area contributed by atoms with Crippen molar-refractivity contribution in [3.63, 3.8) is 0 Å². The van der Waals surface area contributed by atoms with Gasteiger partial charge in [0.15, 0.2) is 0 Å². The Morgan fingerprint density at radius 2 is 0.627 bits per heavy atom. The lowest BCUT2D eigenvalue weighted by molar-refractivity contribution is -0.143. The number of carbonyl (C=O) groups is 2. The van der Waals surface area contributed by atoms with Crippen LogP contribution >= 0.6 is 0 Å². The van der Waals surface area contributed by atoms with E-state index in [0.29, 0.717) is 19.4 Å². The minimum absolute atomic E-state index is 0.00499. The number of unbranched alkanes of at least 4 members (excludes halogenated alkanes) is 48. The molecule has 0 aromatic heterocycles. The van der Waals surface area contributed by atoms with Crippen molar-refractivity contribution < 1.29 is 24.5 Å². The molecule has 0 fully saturated rings. The second-order valence-electron chi connectivity index (χ2n) is 23.1. The van der Waals surface area contributed by atoms with Gasteiger partial charge in [0.25, 0.3) is 0 Å². The number of allylic oxidation sites excluding steroid dienone is 5. The Morgan fingerprint density at radius 1 is 0.360 bits per heavy atom. The van der Waals surface area contributed by atoms with Gasteiger partial charge in [0.1, 0.15) is 0 Å². The normalized spacial score (nSPS) is 12.7. The van der Waals surface area contributed by atoms with Crippen LogP contribution in [0, 0.1) is 0 Å². The molecule has 442 valence electrons. The Kier molecular flexibility index (Phi) is 63.0. The van der Waals surface area contributed by atoms with Crippen molar-refractivity contribution in [2.75, 3.05) is 13.2 Å². The molecule has 6 nitrogen and oxygen atoms in total. The number of rotatable bonds is 63. The van der Waals surface area contributed by atoms with Crippen LogP contribution < -0.4 is 5.32 Å². The Labute approximate surface area is 468 Å². The van der Waals surface area contributed by atoms with Crippen molar-refractivity contribution in [1.29, 1.82) is 0 Å². The Bertz CT molecular complexity index is 1210. The molecule has 0 bridgehead atoms. The summed E-state index contributed by atoms with van der Waals surface area (Å²) in [5.74, 6) is -0.0651. The molecule has 0 spiro atoms. The van der Waals surface area contributed by atoms with Gasteiger partial charge in [0, 0.05) is 12.8 Å². The lowest BCUT2D eigenvalue weighted by Gasteiger charge is -2.20. The number of amides is 1. The summed E-state index contributed by atoms with van der Waals surface area (Å²) in [6.07, 6.45) is 82.0. The quantitative estimate of drug-likeness (QED) is 0.0320. The van der Waals surface area contributed by atoms with Crippen molar-refractivity contribution in [3.8, 4) is 0 Å². The summed E-state index contributed by atoms with van der Waals surface area (Å²) < 4.78 is 5.49. The maximum atomic E-state index is 12.5. The van der Waals surface area contributed by atoms with Crippen LogP contribution in [0.4, 0.5) is 0 Å². The molecule has 2 atom stereocenters. The summed E-state index contributed by atoms with van der Waals surface area (Å²) in [4.78, 5) is 24.6. The van der Waals surface area contributed by atoms with E-state index in [1.165, 1.54) is 295 Å². The molecule has 1 amide bonds. The predicted molar refractivity (Wildman–Crippen MR) is 329 cm³/mol. The van der Waals surface area contributed by atoms with Crippen LogP contribution in [0.5, 0.6) is 0 Å². The van der Waals surface area contributed by atoms with Gasteiger partial charge in [-0.25, -0.2) is 0 Å². The number of aliphatic hydroxyl groups excluding tert-OH is 2. The largest absolute Gasteiger partial charge is 0.466 e. The van der Waals surface area contributed by atoms with Crippen LogP contribution in [0.1, 0.15) is 367 Å². The van der Waals surface area contributed by atoms with Crippen LogP contribution in [0.3, 0.4) is 0 Å². The maximum absolute atomic E-state index is 12.5. The molecule has 0 radical (unpaired) electrons. The first-order chi connectivity index (χ1) is 37.0. The van der Waals surface area contributed by atoms with E-state index in [2.05, 4.69) is 43.5 Å². The minimum atomic E-state index is -0.848. The number of carbonyl (C=O) groups excluding carboxylic acids is 2. The summed E-state index contributed by atoms with van der Waals surface area (Å²) in [6.45, 7) is 4.92. The Morgan fingerprint density at radius 3 is 0.947 bits per heavy atom. The van der Waals surface area contributed by atoms with E-state index < -0.39 is 12.1 Å². The number of hydrogen-bond donors (Lipinski definition) is 3. The van der Waals surface area contributed by atoms with E-state index in [9.17, 15) is 19.8 Å². The van der Waals surface area contributed by atoms with Crippen LogP contribution in [-0.4, -0.2) is 47.4 Å². The fourth-order valence-electron chi connectivity index (χ4n) is 10.4. The van der Waals surface area contributed by atoms with Crippen LogP contribution in [-0.2, 0) is 14.3 Å². The number of aliphatic hydroxyl groups is 2. The zero-order chi connectivity index (χ0) is 54.3. The predicted octanol–water partition coefficient (Wildman–Crippen LogP) is 21.5. The maximum Gasteiger partial charge on any atom is 0.305 e. The van der Waals surface area contributed by atoms with E-state index in [-0.39, 0.29) is 18.5 Å². The molecule has 6 heteroatoms. The fourth-order valence-corrected chi connectivity index (χ4v) is 10.4. The Balaban J connectivity index is 3.43. The van der Waals surface area contributed by atoms with Crippen molar-refractivity contribution in [2.45, 2.75) is 379 Å². The second-order valence-corrected chi connectivity index (χ2v) is 23.1. The van der Waals surface area contributed by atoms with Crippen molar-refractivity contribution in [1.82, 2.24) is 5.32 Å². The molecule has 0 aliphatic rings. The molecule has 0 heterocycles. The summed E-state index contributed by atoms with van der Waals surface area (Å²) in [5.41, 5.74) is 0. The monoisotopic (exact) mass is 1050 g/mol. The number of ether oxygens (including phenoxy) is 1. The zero-order valence-corrected chi connectivity index (χ0v) is 50.5. The van der Waals surface area contributed by atoms with Gasteiger partial charge in [-0.05, 0) is 83.5 Å². The molecule has 0 aromatic carbocycles. The average Bonchev–Trinajstić information content (AvgIpc) is 3.41. The minimum Gasteiger partial charge on any atom is -0.466 e. The first kappa shape index (κ1) is 73.1. The van der Waals surface area contributed by atoms with Crippen LogP contribution in [0.15, 0.2) is 36.5 Å². The number of esters is 1. The van der Waals surface area contributed by atoms with E-state index in [1.807, 2.05) is 6.08 Å². The highest BCUT2D eigenvalue weighted by molar-refractivity contribution is 5.76. The highest BCUT2D eigenvalue weighted by atomic mass is 16.5. The van der Waals surface area contributed by atoms with Crippen molar-refractivity contribution in [3.05, 3.63) is 36.5 Å². The third-order valence-corrected chi connectivity index (χ3v) is 15.6.